The zero-order valence-electron chi connectivity index (χ0n) is 21.6. The van der Waals surface area contributed by atoms with Gasteiger partial charge < -0.3 is 24.4 Å². The number of fused-ring (bicyclic) bond motifs is 2. The molecule has 0 saturated heterocycles. The van der Waals surface area contributed by atoms with Crippen LogP contribution in [0.3, 0.4) is 0 Å². The quantitative estimate of drug-likeness (QED) is 0.563. The average molecular weight is 510 g/mol. The van der Waals surface area contributed by atoms with Crippen molar-refractivity contribution < 1.29 is 24.2 Å². The number of aryl methyl sites for hydroxylation is 1. The number of rotatable bonds is 5. The molecule has 10 heteroatoms. The van der Waals surface area contributed by atoms with E-state index in [0.717, 1.165) is 16.5 Å². The van der Waals surface area contributed by atoms with E-state index in [1.165, 1.54) is 4.90 Å². The van der Waals surface area contributed by atoms with Gasteiger partial charge in [-0.3, -0.25) is 4.79 Å². The zero-order chi connectivity index (χ0) is 26.4. The fraction of sp³-hybridized carbons (Fsp3) is 0.481. The van der Waals surface area contributed by atoms with Gasteiger partial charge >= 0.3 is 6.09 Å². The lowest BCUT2D eigenvalue weighted by atomic mass is 10.0. The van der Waals surface area contributed by atoms with Gasteiger partial charge in [-0.1, -0.05) is 42.5 Å². The maximum Gasteiger partial charge on any atom is 0.415 e. The van der Waals surface area contributed by atoms with Crippen LogP contribution in [0.25, 0.3) is 10.8 Å². The third-order valence-electron chi connectivity index (χ3n) is 6.83. The normalized spacial score (nSPS) is 20.0. The van der Waals surface area contributed by atoms with Gasteiger partial charge in [0.25, 0.3) is 0 Å². The Balaban J connectivity index is 1.49. The van der Waals surface area contributed by atoms with Crippen LogP contribution in [0.2, 0.25) is 0 Å². The van der Waals surface area contributed by atoms with Gasteiger partial charge in [-0.15, -0.1) is 5.10 Å². The van der Waals surface area contributed by atoms with Gasteiger partial charge in [0.1, 0.15) is 5.75 Å². The fourth-order valence-corrected chi connectivity index (χ4v) is 4.50. The molecule has 1 aromatic heterocycles. The van der Waals surface area contributed by atoms with Crippen molar-refractivity contribution in [1.29, 1.82) is 0 Å². The Morgan fingerprint density at radius 2 is 2.05 bits per heavy atom. The minimum atomic E-state index is -0.499. The van der Waals surface area contributed by atoms with E-state index in [9.17, 15) is 14.7 Å². The molecule has 2 heterocycles. The predicted octanol–water partition coefficient (Wildman–Crippen LogP) is 3.09. The summed E-state index contributed by atoms with van der Waals surface area (Å²) in [6.07, 6.45) is 1.72. The van der Waals surface area contributed by atoms with Crippen LogP contribution in [0, 0.1) is 5.92 Å². The van der Waals surface area contributed by atoms with Crippen molar-refractivity contribution in [2.75, 3.05) is 26.7 Å². The summed E-state index contributed by atoms with van der Waals surface area (Å²) < 4.78 is 13.7. The summed E-state index contributed by atoms with van der Waals surface area (Å²) in [5.74, 6) is 0.308. The smallest absolute Gasteiger partial charge is 0.410 e. The molecule has 0 radical (unpaired) electrons. The van der Waals surface area contributed by atoms with E-state index in [1.54, 1.807) is 28.9 Å². The first-order valence-corrected chi connectivity index (χ1v) is 12.7. The topological polar surface area (TPSA) is 110 Å². The Morgan fingerprint density at radius 1 is 1.27 bits per heavy atom. The minimum absolute atomic E-state index is 0.0292. The summed E-state index contributed by atoms with van der Waals surface area (Å²) in [5, 5.41) is 19.9. The number of nitrogens with zero attached hydrogens (tertiary/aromatic N) is 5. The Bertz CT molecular complexity index is 1210. The van der Waals surface area contributed by atoms with Crippen molar-refractivity contribution in [2.45, 2.75) is 52.0 Å². The van der Waals surface area contributed by atoms with E-state index in [2.05, 4.69) is 10.3 Å². The summed E-state index contributed by atoms with van der Waals surface area (Å²) in [6.45, 7) is 5.16. The SMILES string of the molecule is C[C@@H]1CN([C@@H](C)CO)C(=O)CCCn2nncc2CO[C@@H]1CN(C)C(=O)Oc1ccc2ccccc2c1. The molecule has 1 aliphatic heterocycles. The molecule has 0 unspecified atom stereocenters. The number of aromatic nitrogens is 3. The molecule has 2 aromatic carbocycles. The largest absolute Gasteiger partial charge is 0.415 e. The van der Waals surface area contributed by atoms with Crippen LogP contribution in [0.5, 0.6) is 5.75 Å². The van der Waals surface area contributed by atoms with Crippen LogP contribution < -0.4 is 4.74 Å². The molecule has 0 saturated carbocycles. The monoisotopic (exact) mass is 509 g/mol. The van der Waals surface area contributed by atoms with Crippen molar-refractivity contribution >= 4 is 22.8 Å². The van der Waals surface area contributed by atoms with E-state index in [1.807, 2.05) is 50.2 Å². The summed E-state index contributed by atoms with van der Waals surface area (Å²) in [5.41, 5.74) is 0.812. The second-order valence-corrected chi connectivity index (χ2v) is 9.71. The lowest BCUT2D eigenvalue weighted by Crippen LogP contribution is -2.48. The molecule has 3 atom stereocenters. The minimum Gasteiger partial charge on any atom is -0.410 e. The van der Waals surface area contributed by atoms with Crippen LogP contribution in [-0.4, -0.2) is 80.8 Å². The molecule has 2 amide bonds. The summed E-state index contributed by atoms with van der Waals surface area (Å²) >= 11 is 0. The Morgan fingerprint density at radius 3 is 2.84 bits per heavy atom. The second-order valence-electron chi connectivity index (χ2n) is 9.71. The lowest BCUT2D eigenvalue weighted by Gasteiger charge is -2.35. The molecule has 1 aliphatic rings. The second kappa shape index (κ2) is 12.2. The molecular formula is C27H35N5O5. The number of amides is 2. The predicted molar refractivity (Wildman–Crippen MR) is 138 cm³/mol. The molecule has 3 aromatic rings. The number of carbonyl (C=O) groups excluding carboxylic acids is 2. The molecule has 0 fully saturated rings. The Hall–Kier alpha value is -3.50. The maximum atomic E-state index is 13.0. The van der Waals surface area contributed by atoms with Gasteiger partial charge in [0.05, 0.1) is 43.8 Å². The van der Waals surface area contributed by atoms with Gasteiger partial charge in [0, 0.05) is 32.5 Å². The number of hydrogen-bond donors (Lipinski definition) is 1. The molecule has 0 spiro atoms. The highest BCUT2D eigenvalue weighted by Gasteiger charge is 2.29. The summed E-state index contributed by atoms with van der Waals surface area (Å²) in [6, 6.07) is 13.1. The Labute approximate surface area is 216 Å². The molecule has 198 valence electrons. The van der Waals surface area contributed by atoms with E-state index >= 15 is 0 Å². The third kappa shape index (κ3) is 6.64. The van der Waals surface area contributed by atoms with Gasteiger partial charge in [-0.05, 0) is 36.2 Å². The highest BCUT2D eigenvalue weighted by molar-refractivity contribution is 5.84. The molecule has 1 N–H and O–H groups in total. The number of benzene rings is 2. The third-order valence-corrected chi connectivity index (χ3v) is 6.83. The van der Waals surface area contributed by atoms with Gasteiger partial charge in [-0.2, -0.15) is 0 Å². The van der Waals surface area contributed by atoms with E-state index in [-0.39, 0.29) is 37.6 Å². The first-order chi connectivity index (χ1) is 17.9. The van der Waals surface area contributed by atoms with Gasteiger partial charge in [0.2, 0.25) is 5.91 Å². The maximum absolute atomic E-state index is 13.0. The van der Waals surface area contributed by atoms with Crippen molar-refractivity contribution in [3.05, 3.63) is 54.4 Å². The molecule has 0 aliphatic carbocycles. The molecule has 0 bridgehead atoms. The lowest BCUT2D eigenvalue weighted by molar-refractivity contribution is -0.136. The van der Waals surface area contributed by atoms with E-state index < -0.39 is 12.2 Å². The first kappa shape index (κ1) is 26.6. The highest BCUT2D eigenvalue weighted by atomic mass is 16.6. The fourth-order valence-electron chi connectivity index (χ4n) is 4.50. The van der Waals surface area contributed by atoms with Crippen LogP contribution in [0.4, 0.5) is 4.79 Å². The van der Waals surface area contributed by atoms with Gasteiger partial charge in [-0.25, -0.2) is 9.48 Å². The Kier molecular flexibility index (Phi) is 8.73. The first-order valence-electron chi connectivity index (χ1n) is 12.7. The van der Waals surface area contributed by atoms with Crippen molar-refractivity contribution in [2.24, 2.45) is 5.92 Å². The van der Waals surface area contributed by atoms with Crippen molar-refractivity contribution in [1.82, 2.24) is 24.8 Å². The van der Waals surface area contributed by atoms with E-state index in [4.69, 9.17) is 9.47 Å². The highest BCUT2D eigenvalue weighted by Crippen LogP contribution is 2.22. The summed E-state index contributed by atoms with van der Waals surface area (Å²) in [4.78, 5) is 29.2. The van der Waals surface area contributed by atoms with E-state index in [0.29, 0.717) is 31.7 Å². The zero-order valence-corrected chi connectivity index (χ0v) is 21.6. The number of likely N-dealkylation sites (N-methyl/N-ethyl adjacent to an activating group) is 1. The summed E-state index contributed by atoms with van der Waals surface area (Å²) in [7, 11) is 1.67. The van der Waals surface area contributed by atoms with Crippen molar-refractivity contribution in [3.8, 4) is 5.75 Å². The molecule has 10 nitrogen and oxygen atoms in total. The molecule has 37 heavy (non-hydrogen) atoms. The van der Waals surface area contributed by atoms with Gasteiger partial charge in [0.15, 0.2) is 0 Å². The standard InChI is InChI=1S/C27H35N5O5/c1-19-15-31(20(2)17-33)26(34)9-6-12-32-23(14-28-29-32)18-36-25(19)16-30(3)27(35)37-24-11-10-21-7-4-5-8-22(21)13-24/h4-5,7-8,10-11,13-14,19-20,25,33H,6,9,12,15-18H2,1-3H3/t19-,20+,25-/m1/s1. The number of aliphatic hydroxyl groups is 1. The number of aliphatic hydroxyl groups excluding tert-OH is 1. The molecular weight excluding hydrogens is 474 g/mol. The number of carbonyl (C=O) groups is 2. The van der Waals surface area contributed by atoms with Crippen LogP contribution >= 0.6 is 0 Å². The average Bonchev–Trinajstić information content (AvgIpc) is 3.35. The van der Waals surface area contributed by atoms with Crippen molar-refractivity contribution in [3.63, 3.8) is 0 Å². The van der Waals surface area contributed by atoms with Crippen LogP contribution in [-0.2, 0) is 22.7 Å². The van der Waals surface area contributed by atoms with Crippen LogP contribution in [0.1, 0.15) is 32.4 Å². The number of hydrogen-bond acceptors (Lipinski definition) is 7. The molecule has 4 rings (SSSR count). The number of ether oxygens (including phenoxy) is 2. The van der Waals surface area contributed by atoms with Crippen LogP contribution in [0.15, 0.2) is 48.7 Å².